The molecule has 0 aliphatic carbocycles. The summed E-state index contributed by atoms with van der Waals surface area (Å²) in [5.41, 5.74) is 4.05. The van der Waals surface area contributed by atoms with Gasteiger partial charge < -0.3 is 29.1 Å². The van der Waals surface area contributed by atoms with Gasteiger partial charge in [0.2, 0.25) is 0 Å². The second-order valence-electron chi connectivity index (χ2n) is 13.1. The number of ether oxygens (including phenoxy) is 3. The molecule has 1 aliphatic rings. The number of carboxylic acids is 1. The quantitative estimate of drug-likeness (QED) is 0.237. The van der Waals surface area contributed by atoms with Crippen molar-refractivity contribution in [3.8, 4) is 22.8 Å². The molecule has 4 rings (SSSR count). The molecule has 1 aliphatic heterocycles. The first kappa shape index (κ1) is 33.3. The molecule has 3 heterocycles. The molecule has 0 unspecified atom stereocenters. The molecule has 1 aromatic carbocycles. The van der Waals surface area contributed by atoms with Crippen molar-refractivity contribution >= 4 is 28.9 Å². The lowest BCUT2D eigenvalue weighted by molar-refractivity contribution is -0.160. The van der Waals surface area contributed by atoms with E-state index in [-0.39, 0.29) is 5.41 Å². The van der Waals surface area contributed by atoms with Crippen molar-refractivity contribution in [2.45, 2.75) is 66.1 Å². The van der Waals surface area contributed by atoms with Gasteiger partial charge in [-0.15, -0.1) is 0 Å². The van der Waals surface area contributed by atoms with E-state index in [1.807, 2.05) is 59.3 Å². The van der Waals surface area contributed by atoms with E-state index >= 15 is 0 Å². The molecular weight excluding hydrogens is 580 g/mol. The smallest absolute Gasteiger partial charge is 0.337 e. The summed E-state index contributed by atoms with van der Waals surface area (Å²) in [6, 6.07) is 9.26. The van der Waals surface area contributed by atoms with Crippen LogP contribution in [-0.4, -0.2) is 67.0 Å². The molecule has 44 heavy (non-hydrogen) atoms. The fourth-order valence-corrected chi connectivity index (χ4v) is 5.49. The molecule has 1 fully saturated rings. The van der Waals surface area contributed by atoms with Gasteiger partial charge in [0.25, 0.3) is 0 Å². The van der Waals surface area contributed by atoms with Crippen molar-refractivity contribution in [3.05, 3.63) is 59.0 Å². The van der Waals surface area contributed by atoms with Gasteiger partial charge in [0, 0.05) is 54.2 Å². The van der Waals surface area contributed by atoms with Crippen LogP contribution in [-0.2, 0) is 9.53 Å². The molecule has 0 bridgehead atoms. The molecule has 0 saturated carbocycles. The second-order valence-corrected chi connectivity index (χ2v) is 13.5. The number of likely N-dealkylation sites (N-methyl/N-ethyl adjacent to an activating group) is 1. The highest BCUT2D eigenvalue weighted by molar-refractivity contribution is 6.30. The summed E-state index contributed by atoms with van der Waals surface area (Å²) < 4.78 is 17.5. The van der Waals surface area contributed by atoms with E-state index in [9.17, 15) is 9.90 Å². The van der Waals surface area contributed by atoms with Gasteiger partial charge in [-0.3, -0.25) is 9.97 Å². The highest BCUT2D eigenvalue weighted by atomic mass is 35.5. The van der Waals surface area contributed by atoms with E-state index in [0.29, 0.717) is 40.9 Å². The number of piperidine rings is 1. The number of pyridine rings is 2. The number of hydrogen-bond donors (Lipinski definition) is 1. The van der Waals surface area contributed by atoms with Crippen LogP contribution in [0.5, 0.6) is 11.5 Å². The highest BCUT2D eigenvalue weighted by Gasteiger charge is 2.36. The van der Waals surface area contributed by atoms with Crippen LogP contribution < -0.4 is 19.3 Å². The summed E-state index contributed by atoms with van der Waals surface area (Å²) in [6.45, 7) is 14.7. The number of aryl methyl sites for hydroxylation is 1. The zero-order valence-electron chi connectivity index (χ0n) is 27.1. The van der Waals surface area contributed by atoms with Crippen molar-refractivity contribution in [3.63, 3.8) is 0 Å². The number of carboxylic acid groups (broad SMARTS) is 1. The van der Waals surface area contributed by atoms with Gasteiger partial charge in [0.05, 0.1) is 42.5 Å². The Morgan fingerprint density at radius 2 is 1.82 bits per heavy atom. The Kier molecular flexibility index (Phi) is 10.3. The van der Waals surface area contributed by atoms with E-state index in [1.54, 1.807) is 25.3 Å². The lowest BCUT2D eigenvalue weighted by Gasteiger charge is -2.40. The zero-order valence-corrected chi connectivity index (χ0v) is 27.9. The molecule has 1 atom stereocenters. The number of nitrogens with zero attached hydrogens (tertiary/aromatic N) is 4. The number of aliphatic carboxylic acids is 1. The third kappa shape index (κ3) is 8.12. The van der Waals surface area contributed by atoms with Crippen LogP contribution in [0.3, 0.4) is 0 Å². The van der Waals surface area contributed by atoms with Gasteiger partial charge in [-0.05, 0) is 70.2 Å². The summed E-state index contributed by atoms with van der Waals surface area (Å²) in [5, 5.41) is 10.9. The van der Waals surface area contributed by atoms with Gasteiger partial charge in [0.15, 0.2) is 17.6 Å². The summed E-state index contributed by atoms with van der Waals surface area (Å²) >= 11 is 6.06. The fraction of sp³-hybridized carbons (Fsp3) is 0.500. The van der Waals surface area contributed by atoms with Gasteiger partial charge in [-0.2, -0.15) is 0 Å². The molecule has 1 N–H and O–H groups in total. The van der Waals surface area contributed by atoms with Gasteiger partial charge in [0.1, 0.15) is 6.61 Å². The number of benzene rings is 1. The minimum atomic E-state index is -1.17. The standard InChI is InChI=1S/C34H45ClN4O5/c1-22-29(31(32(40)41)44-33(2,3)4)30(39-15-13-34(5,6)14-16-39)25(21-36-22)26-11-10-24(20-37-26)38(7)17-18-43-27-12-9-23(35)19-28(27)42-8/h9-12,19-21,31H,13-18H2,1-8H3,(H,40,41)/t31-/m0/s1. The number of anilines is 2. The van der Waals surface area contributed by atoms with Crippen LogP contribution in [0.1, 0.15) is 64.8 Å². The van der Waals surface area contributed by atoms with Gasteiger partial charge in [-0.25, -0.2) is 4.79 Å². The number of hydrogen-bond acceptors (Lipinski definition) is 8. The van der Waals surface area contributed by atoms with E-state index < -0.39 is 17.7 Å². The van der Waals surface area contributed by atoms with E-state index in [0.717, 1.165) is 48.6 Å². The monoisotopic (exact) mass is 624 g/mol. The average Bonchev–Trinajstić information content (AvgIpc) is 2.96. The number of aromatic nitrogens is 2. The number of halogens is 1. The fourth-order valence-electron chi connectivity index (χ4n) is 5.33. The third-order valence-electron chi connectivity index (χ3n) is 7.95. The van der Waals surface area contributed by atoms with E-state index in [1.165, 1.54) is 0 Å². The summed E-state index contributed by atoms with van der Waals surface area (Å²) in [6.07, 6.45) is 4.44. The number of carbonyl (C=O) groups is 1. The molecule has 0 amide bonds. The van der Waals surface area contributed by atoms with Crippen LogP contribution in [0.2, 0.25) is 5.02 Å². The van der Waals surface area contributed by atoms with Gasteiger partial charge >= 0.3 is 5.97 Å². The van der Waals surface area contributed by atoms with E-state index in [4.69, 9.17) is 30.8 Å². The Hall–Kier alpha value is -3.56. The van der Waals surface area contributed by atoms with Crippen LogP contribution >= 0.6 is 11.6 Å². The largest absolute Gasteiger partial charge is 0.493 e. The maximum absolute atomic E-state index is 12.6. The Labute approximate surface area is 266 Å². The Balaban J connectivity index is 1.63. The summed E-state index contributed by atoms with van der Waals surface area (Å²) in [5.74, 6) is 0.178. The Bertz CT molecular complexity index is 1450. The molecule has 238 valence electrons. The molecule has 0 radical (unpaired) electrons. The van der Waals surface area contributed by atoms with Crippen LogP contribution in [0.4, 0.5) is 11.4 Å². The lowest BCUT2D eigenvalue weighted by atomic mass is 9.82. The van der Waals surface area contributed by atoms with Crippen LogP contribution in [0.25, 0.3) is 11.3 Å². The highest BCUT2D eigenvalue weighted by Crippen LogP contribution is 2.43. The molecular formula is C34H45ClN4O5. The lowest BCUT2D eigenvalue weighted by Crippen LogP contribution is -2.39. The first-order chi connectivity index (χ1) is 20.7. The molecule has 1 saturated heterocycles. The first-order valence-corrected chi connectivity index (χ1v) is 15.4. The number of methoxy groups -OCH3 is 1. The Morgan fingerprint density at radius 3 is 2.41 bits per heavy atom. The predicted molar refractivity (Wildman–Crippen MR) is 175 cm³/mol. The molecule has 3 aromatic rings. The summed E-state index contributed by atoms with van der Waals surface area (Å²) in [7, 11) is 3.56. The van der Waals surface area contributed by atoms with Gasteiger partial charge in [-0.1, -0.05) is 25.4 Å². The Morgan fingerprint density at radius 1 is 1.11 bits per heavy atom. The molecule has 10 heteroatoms. The number of rotatable bonds is 11. The topological polar surface area (TPSA) is 97.2 Å². The third-order valence-corrected chi connectivity index (χ3v) is 8.19. The first-order valence-electron chi connectivity index (χ1n) is 15.0. The molecule has 9 nitrogen and oxygen atoms in total. The molecule has 0 spiro atoms. The maximum Gasteiger partial charge on any atom is 0.337 e. The normalized spacial score (nSPS) is 15.5. The SMILES string of the molecule is COc1cc(Cl)ccc1OCCN(C)c1ccc(-c2cnc(C)c([C@H](OC(C)(C)C)C(=O)O)c2N2CCC(C)(C)CC2)nc1. The predicted octanol–water partition coefficient (Wildman–Crippen LogP) is 7.20. The second kappa shape index (κ2) is 13.6. The van der Waals surface area contributed by atoms with E-state index in [2.05, 4.69) is 28.6 Å². The summed E-state index contributed by atoms with van der Waals surface area (Å²) in [4.78, 5) is 26.5. The zero-order chi connectivity index (χ0) is 32.2. The average molecular weight is 625 g/mol. The van der Waals surface area contributed by atoms with Crippen LogP contribution in [0, 0.1) is 12.3 Å². The van der Waals surface area contributed by atoms with Crippen molar-refractivity contribution in [2.24, 2.45) is 5.41 Å². The minimum absolute atomic E-state index is 0.222. The maximum atomic E-state index is 12.6. The van der Waals surface area contributed by atoms with Crippen molar-refractivity contribution in [2.75, 3.05) is 50.2 Å². The van der Waals surface area contributed by atoms with Crippen molar-refractivity contribution in [1.29, 1.82) is 0 Å². The van der Waals surface area contributed by atoms with Crippen LogP contribution in [0.15, 0.2) is 42.7 Å². The van der Waals surface area contributed by atoms with Crippen molar-refractivity contribution in [1.82, 2.24) is 9.97 Å². The molecule has 2 aromatic heterocycles. The van der Waals surface area contributed by atoms with Crippen molar-refractivity contribution < 1.29 is 24.1 Å². The minimum Gasteiger partial charge on any atom is -0.493 e.